The number of nitrogens with one attached hydrogen (secondary N) is 1. The van der Waals surface area contributed by atoms with E-state index in [2.05, 4.69) is 15.6 Å². The van der Waals surface area contributed by atoms with Crippen molar-refractivity contribution < 1.29 is 49.1 Å². The maximum absolute atomic E-state index is 12.3. The van der Waals surface area contributed by atoms with E-state index in [1.54, 1.807) is 25.0 Å². The molecule has 1 saturated heterocycles. The summed E-state index contributed by atoms with van der Waals surface area (Å²) in [5.74, 6) is -0.493. The van der Waals surface area contributed by atoms with Gasteiger partial charge in [0.25, 0.3) is 0 Å². The maximum atomic E-state index is 12.3. The minimum Gasteiger partial charge on any atom is -0.479 e. The molecule has 6 atom stereocenters. The molecule has 14 nitrogen and oxygen atoms in total. The van der Waals surface area contributed by atoms with Crippen molar-refractivity contribution in [2.45, 2.75) is 62.7 Å². The molecule has 0 aromatic carbocycles. The SMILES string of the molecule is CN[C@@H](Cc1cn(COC2OC(C(=O)O)C(O)[C@H](O)[C@@H]2O)nn1)C(=O)CCCSC.O=C=O. The van der Waals surface area contributed by atoms with Crippen LogP contribution in [0.3, 0.4) is 0 Å². The van der Waals surface area contributed by atoms with Crippen LogP contribution >= 0.6 is 11.8 Å². The van der Waals surface area contributed by atoms with Crippen LogP contribution in [0.4, 0.5) is 0 Å². The minimum absolute atomic E-state index is 0.0864. The molecule has 1 aromatic rings. The Morgan fingerprint density at radius 2 is 1.97 bits per heavy atom. The fourth-order valence-corrected chi connectivity index (χ4v) is 3.42. The van der Waals surface area contributed by atoms with Crippen molar-refractivity contribution in [3.8, 4) is 0 Å². The number of carboxylic acid groups (broad SMARTS) is 1. The summed E-state index contributed by atoms with van der Waals surface area (Å²) in [6.45, 7) is -0.254. The summed E-state index contributed by atoms with van der Waals surface area (Å²) in [6, 6.07) is -0.394. The average molecular weight is 493 g/mol. The van der Waals surface area contributed by atoms with E-state index >= 15 is 0 Å². The van der Waals surface area contributed by atoms with Gasteiger partial charge in [-0.15, -0.1) is 5.10 Å². The Morgan fingerprint density at radius 1 is 1.30 bits per heavy atom. The van der Waals surface area contributed by atoms with Crippen LogP contribution in [0.15, 0.2) is 6.20 Å². The molecule has 0 amide bonds. The number of hydrogen-bond acceptors (Lipinski definition) is 13. The summed E-state index contributed by atoms with van der Waals surface area (Å²) >= 11 is 1.69. The van der Waals surface area contributed by atoms with Gasteiger partial charge in [-0.25, -0.2) is 9.48 Å². The highest BCUT2D eigenvalue weighted by Gasteiger charge is 2.47. The second-order valence-corrected chi connectivity index (χ2v) is 7.96. The van der Waals surface area contributed by atoms with Crippen molar-refractivity contribution in [1.82, 2.24) is 20.3 Å². The number of thioether (sulfide) groups is 1. The number of carboxylic acids is 1. The van der Waals surface area contributed by atoms with Gasteiger partial charge in [0.05, 0.1) is 17.9 Å². The fraction of sp³-hybridized carbons (Fsp3) is 0.722. The smallest absolute Gasteiger partial charge is 0.373 e. The number of hydrogen-bond donors (Lipinski definition) is 5. The van der Waals surface area contributed by atoms with Gasteiger partial charge in [-0.2, -0.15) is 21.4 Å². The van der Waals surface area contributed by atoms with E-state index in [0.29, 0.717) is 18.5 Å². The van der Waals surface area contributed by atoms with Crippen molar-refractivity contribution in [2.75, 3.05) is 19.1 Å². The lowest BCUT2D eigenvalue weighted by molar-refractivity contribution is -0.302. The van der Waals surface area contributed by atoms with Crippen LogP contribution in [0, 0.1) is 0 Å². The highest BCUT2D eigenvalue weighted by atomic mass is 32.2. The number of Topliss-reactive ketones (excluding diaryl/α,β-unsaturated/α-hetero) is 1. The van der Waals surface area contributed by atoms with Crippen molar-refractivity contribution >= 4 is 29.7 Å². The molecule has 15 heteroatoms. The van der Waals surface area contributed by atoms with Gasteiger partial charge in [0.2, 0.25) is 0 Å². The quantitative estimate of drug-likeness (QED) is 0.190. The largest absolute Gasteiger partial charge is 0.479 e. The zero-order chi connectivity index (χ0) is 25.0. The normalized spacial score (nSPS) is 25.4. The first-order chi connectivity index (χ1) is 15.7. The molecule has 1 aliphatic rings. The number of rotatable bonds is 12. The van der Waals surface area contributed by atoms with E-state index in [4.69, 9.17) is 24.2 Å². The molecule has 0 bridgehead atoms. The Labute approximate surface area is 193 Å². The standard InChI is InChI=1S/C17H28N4O8S.CO2/c1-18-10(11(22)4-3-5-30-2)6-9-7-21(20-19-9)8-28-17-14(25)12(23)13(24)15(29-17)16(26)27;2-1-3/h7,10,12-15,17-18,23-25H,3-6,8H2,1-2H3,(H,26,27);/t10-,12-,13?,14-,15?,17?;/m0./s1. The third-order valence-corrected chi connectivity index (χ3v) is 5.39. The molecular formula is C18H28N4O10S. The van der Waals surface area contributed by atoms with Crippen LogP contribution in [-0.4, -0.2) is 109 Å². The predicted molar refractivity (Wildman–Crippen MR) is 110 cm³/mol. The molecule has 1 aliphatic heterocycles. The molecular weight excluding hydrogens is 464 g/mol. The molecule has 1 aromatic heterocycles. The van der Waals surface area contributed by atoms with E-state index < -0.39 is 42.7 Å². The van der Waals surface area contributed by atoms with Gasteiger partial charge in [-0.05, 0) is 25.5 Å². The van der Waals surface area contributed by atoms with Crippen molar-refractivity contribution in [2.24, 2.45) is 0 Å². The number of likely N-dealkylation sites (N-methyl/N-ethyl adjacent to an activating group) is 1. The molecule has 2 heterocycles. The van der Waals surface area contributed by atoms with Crippen molar-refractivity contribution in [3.05, 3.63) is 11.9 Å². The Bertz CT molecular complexity index is 788. The second-order valence-electron chi connectivity index (χ2n) is 6.97. The molecule has 3 unspecified atom stereocenters. The van der Waals surface area contributed by atoms with Gasteiger partial charge < -0.3 is 35.2 Å². The molecule has 2 rings (SSSR count). The number of aromatic nitrogens is 3. The molecule has 1 fully saturated rings. The maximum Gasteiger partial charge on any atom is 0.373 e. The molecule has 0 spiro atoms. The highest BCUT2D eigenvalue weighted by molar-refractivity contribution is 7.98. The number of aliphatic carboxylic acids is 1. The van der Waals surface area contributed by atoms with Gasteiger partial charge in [-0.1, -0.05) is 5.21 Å². The third kappa shape index (κ3) is 8.91. The molecule has 0 saturated carbocycles. The first kappa shape index (κ1) is 28.8. The molecule has 33 heavy (non-hydrogen) atoms. The summed E-state index contributed by atoms with van der Waals surface area (Å²) in [7, 11) is 1.70. The van der Waals surface area contributed by atoms with E-state index in [-0.39, 0.29) is 18.7 Å². The molecule has 0 radical (unpaired) electrons. The lowest BCUT2D eigenvalue weighted by Gasteiger charge is -2.38. The minimum atomic E-state index is -1.79. The summed E-state index contributed by atoms with van der Waals surface area (Å²) < 4.78 is 11.6. The monoisotopic (exact) mass is 492 g/mol. The number of carbonyl (C=O) groups is 2. The predicted octanol–water partition coefficient (Wildman–Crippen LogP) is -2.60. The Balaban J connectivity index is 0.00000172. The lowest BCUT2D eigenvalue weighted by Crippen LogP contribution is -2.60. The van der Waals surface area contributed by atoms with Gasteiger partial charge in [0.15, 0.2) is 12.4 Å². The van der Waals surface area contributed by atoms with Crippen molar-refractivity contribution in [3.63, 3.8) is 0 Å². The first-order valence-electron chi connectivity index (χ1n) is 9.81. The van der Waals surface area contributed by atoms with E-state index in [1.807, 2.05) is 6.26 Å². The summed E-state index contributed by atoms with van der Waals surface area (Å²) in [6.07, 6.45) is -3.01. The van der Waals surface area contributed by atoms with Crippen molar-refractivity contribution in [1.29, 1.82) is 0 Å². The first-order valence-corrected chi connectivity index (χ1v) is 11.2. The number of ether oxygens (including phenoxy) is 2. The Morgan fingerprint density at radius 3 is 2.55 bits per heavy atom. The molecule has 5 N–H and O–H groups in total. The number of carbonyl (C=O) groups excluding carboxylic acids is 3. The zero-order valence-electron chi connectivity index (χ0n) is 18.1. The van der Waals surface area contributed by atoms with Gasteiger partial charge in [-0.3, -0.25) is 4.79 Å². The summed E-state index contributed by atoms with van der Waals surface area (Å²) in [4.78, 5) is 39.6. The number of aliphatic hydroxyl groups excluding tert-OH is 3. The Hall–Kier alpha value is -2.23. The fourth-order valence-electron chi connectivity index (χ4n) is 2.99. The van der Waals surface area contributed by atoms with Crippen LogP contribution in [-0.2, 0) is 41.8 Å². The van der Waals surface area contributed by atoms with Gasteiger partial charge >= 0.3 is 12.1 Å². The van der Waals surface area contributed by atoms with Crippen LogP contribution in [0.2, 0.25) is 0 Å². The number of nitrogens with zero attached hydrogens (tertiary/aromatic N) is 3. The molecule has 186 valence electrons. The van der Waals surface area contributed by atoms with E-state index in [1.165, 1.54) is 4.68 Å². The number of aliphatic hydroxyl groups is 3. The highest BCUT2D eigenvalue weighted by Crippen LogP contribution is 2.22. The second kappa shape index (κ2) is 14.8. The van der Waals surface area contributed by atoms with Crippen LogP contribution in [0.1, 0.15) is 18.5 Å². The van der Waals surface area contributed by atoms with Gasteiger partial charge in [0.1, 0.15) is 30.8 Å². The van der Waals surface area contributed by atoms with E-state index in [0.717, 1.165) is 12.2 Å². The van der Waals surface area contributed by atoms with Crippen LogP contribution in [0.25, 0.3) is 0 Å². The number of ketones is 1. The van der Waals surface area contributed by atoms with Gasteiger partial charge in [0, 0.05) is 12.8 Å². The molecule has 0 aliphatic carbocycles. The van der Waals surface area contributed by atoms with E-state index in [9.17, 15) is 24.9 Å². The van der Waals surface area contributed by atoms with Crippen LogP contribution < -0.4 is 5.32 Å². The third-order valence-electron chi connectivity index (χ3n) is 4.69. The lowest BCUT2D eigenvalue weighted by atomic mass is 9.99. The summed E-state index contributed by atoms with van der Waals surface area (Å²) in [5.41, 5.74) is 0.542. The average Bonchev–Trinajstić information content (AvgIpc) is 3.23. The van der Waals surface area contributed by atoms with Crippen LogP contribution in [0.5, 0.6) is 0 Å². The summed E-state index contributed by atoms with van der Waals surface area (Å²) in [5, 5.41) is 49.3. The topological polar surface area (TPSA) is 210 Å². The Kier molecular flexibility index (Phi) is 12.9. The zero-order valence-corrected chi connectivity index (χ0v) is 18.9.